The minimum atomic E-state index is 0.374. The number of fused-ring (bicyclic) bond motifs is 1. The predicted molar refractivity (Wildman–Crippen MR) is 45.1 cm³/mol. The SMILES string of the molecule is BrC1=CC=CC2NN=CC12. The third-order valence-corrected chi connectivity index (χ3v) is 2.53. The van der Waals surface area contributed by atoms with Crippen LogP contribution < -0.4 is 5.43 Å². The van der Waals surface area contributed by atoms with E-state index in [0.717, 1.165) is 0 Å². The number of halogens is 1. The van der Waals surface area contributed by atoms with Crippen molar-refractivity contribution >= 4 is 22.1 Å². The van der Waals surface area contributed by atoms with Crippen molar-refractivity contribution in [2.24, 2.45) is 11.0 Å². The van der Waals surface area contributed by atoms with Crippen LogP contribution in [0.1, 0.15) is 0 Å². The molecule has 0 aromatic rings. The number of nitrogens with one attached hydrogen (secondary N) is 1. The lowest BCUT2D eigenvalue weighted by molar-refractivity contribution is 0.619. The van der Waals surface area contributed by atoms with Crippen LogP contribution in [-0.2, 0) is 0 Å². The molecule has 1 aliphatic carbocycles. The first kappa shape index (κ1) is 6.16. The van der Waals surface area contributed by atoms with E-state index in [-0.39, 0.29) is 0 Å². The van der Waals surface area contributed by atoms with E-state index in [0.29, 0.717) is 12.0 Å². The van der Waals surface area contributed by atoms with Gasteiger partial charge in [-0.05, 0) is 0 Å². The lowest BCUT2D eigenvalue weighted by atomic mass is 9.98. The number of nitrogens with zero attached hydrogens (tertiary/aromatic N) is 1. The predicted octanol–water partition coefficient (Wildman–Crippen LogP) is 1.41. The molecule has 0 fully saturated rings. The normalized spacial score (nSPS) is 35.1. The highest BCUT2D eigenvalue weighted by atomic mass is 79.9. The highest BCUT2D eigenvalue weighted by Crippen LogP contribution is 2.26. The molecule has 2 nitrogen and oxygen atoms in total. The van der Waals surface area contributed by atoms with Gasteiger partial charge in [0, 0.05) is 10.7 Å². The van der Waals surface area contributed by atoms with Crippen LogP contribution in [0.5, 0.6) is 0 Å². The highest BCUT2D eigenvalue weighted by Gasteiger charge is 2.25. The molecule has 52 valence electrons. The maximum atomic E-state index is 3.98. The van der Waals surface area contributed by atoms with E-state index in [1.54, 1.807) is 0 Å². The first-order chi connectivity index (χ1) is 4.88. The Balaban J connectivity index is 2.30. The van der Waals surface area contributed by atoms with Crippen molar-refractivity contribution < 1.29 is 0 Å². The molecule has 1 N–H and O–H groups in total. The van der Waals surface area contributed by atoms with Gasteiger partial charge in [0.1, 0.15) is 0 Å². The monoisotopic (exact) mass is 198 g/mol. The van der Waals surface area contributed by atoms with Crippen molar-refractivity contribution in [1.29, 1.82) is 0 Å². The van der Waals surface area contributed by atoms with Gasteiger partial charge in [0.05, 0.1) is 12.0 Å². The molecule has 0 bridgehead atoms. The topological polar surface area (TPSA) is 24.4 Å². The fourth-order valence-electron chi connectivity index (χ4n) is 1.17. The molecule has 2 atom stereocenters. The Labute approximate surface area is 67.8 Å². The van der Waals surface area contributed by atoms with E-state index in [1.807, 2.05) is 12.3 Å². The zero-order valence-electron chi connectivity index (χ0n) is 5.29. The number of rotatable bonds is 0. The first-order valence-corrected chi connectivity index (χ1v) is 4.00. The van der Waals surface area contributed by atoms with E-state index >= 15 is 0 Å². The molecule has 2 rings (SSSR count). The molecule has 0 radical (unpaired) electrons. The molecule has 1 heterocycles. The summed E-state index contributed by atoms with van der Waals surface area (Å²) in [7, 11) is 0. The maximum absolute atomic E-state index is 3.98. The quantitative estimate of drug-likeness (QED) is 0.626. The third kappa shape index (κ3) is 0.814. The van der Waals surface area contributed by atoms with Crippen LogP contribution in [-0.4, -0.2) is 12.3 Å². The smallest absolute Gasteiger partial charge is 0.0747 e. The van der Waals surface area contributed by atoms with Crippen molar-refractivity contribution in [2.75, 3.05) is 0 Å². The molecule has 3 heteroatoms. The largest absolute Gasteiger partial charge is 0.302 e. The highest BCUT2D eigenvalue weighted by molar-refractivity contribution is 9.11. The Hall–Kier alpha value is -0.570. The Morgan fingerprint density at radius 2 is 2.50 bits per heavy atom. The first-order valence-electron chi connectivity index (χ1n) is 3.20. The number of allylic oxidation sites excluding steroid dienone is 2. The summed E-state index contributed by atoms with van der Waals surface area (Å²) >= 11 is 3.47. The van der Waals surface area contributed by atoms with Gasteiger partial charge in [0.25, 0.3) is 0 Å². The van der Waals surface area contributed by atoms with E-state index in [4.69, 9.17) is 0 Å². The molecule has 0 amide bonds. The molecular weight excluding hydrogens is 192 g/mol. The van der Waals surface area contributed by atoms with Gasteiger partial charge in [0.2, 0.25) is 0 Å². The van der Waals surface area contributed by atoms with Crippen LogP contribution in [0.4, 0.5) is 0 Å². The average molecular weight is 199 g/mol. The molecule has 1 aliphatic heterocycles. The molecule has 0 saturated heterocycles. The summed E-state index contributed by atoms with van der Waals surface area (Å²) in [6, 6.07) is 0.374. The molecule has 2 unspecified atom stereocenters. The Kier molecular flexibility index (Phi) is 1.38. The fourth-order valence-corrected chi connectivity index (χ4v) is 1.72. The van der Waals surface area contributed by atoms with Crippen LogP contribution in [0.2, 0.25) is 0 Å². The number of hydrazone groups is 1. The molecular formula is C7H7BrN2. The average Bonchev–Trinajstić information content (AvgIpc) is 2.36. The molecule has 2 aliphatic rings. The Bertz CT molecular complexity index is 230. The number of hydrogen-bond donors (Lipinski definition) is 1. The molecule has 0 saturated carbocycles. The lowest BCUT2D eigenvalue weighted by Crippen LogP contribution is -2.26. The van der Waals surface area contributed by atoms with Crippen LogP contribution in [0.3, 0.4) is 0 Å². The summed E-state index contributed by atoms with van der Waals surface area (Å²) in [5, 5.41) is 3.98. The van der Waals surface area contributed by atoms with Gasteiger partial charge in [-0.25, -0.2) is 0 Å². The summed E-state index contributed by atoms with van der Waals surface area (Å²) in [6.07, 6.45) is 8.13. The summed E-state index contributed by atoms with van der Waals surface area (Å²) in [5.41, 5.74) is 3.00. The van der Waals surface area contributed by atoms with E-state index in [1.165, 1.54) is 4.48 Å². The van der Waals surface area contributed by atoms with E-state index in [9.17, 15) is 0 Å². The van der Waals surface area contributed by atoms with Crippen molar-refractivity contribution in [1.82, 2.24) is 5.43 Å². The molecule has 10 heavy (non-hydrogen) atoms. The zero-order valence-corrected chi connectivity index (χ0v) is 6.88. The van der Waals surface area contributed by atoms with Gasteiger partial charge in [-0.2, -0.15) is 5.10 Å². The summed E-state index contributed by atoms with van der Waals surface area (Å²) in [5.74, 6) is 0.421. The van der Waals surface area contributed by atoms with Crippen molar-refractivity contribution in [3.05, 3.63) is 22.7 Å². The minimum Gasteiger partial charge on any atom is -0.302 e. The second-order valence-electron chi connectivity index (χ2n) is 2.40. The van der Waals surface area contributed by atoms with E-state index < -0.39 is 0 Å². The second-order valence-corrected chi connectivity index (χ2v) is 3.31. The van der Waals surface area contributed by atoms with Gasteiger partial charge in [0.15, 0.2) is 0 Å². The van der Waals surface area contributed by atoms with Crippen LogP contribution >= 0.6 is 15.9 Å². The van der Waals surface area contributed by atoms with Crippen molar-refractivity contribution in [2.45, 2.75) is 6.04 Å². The zero-order chi connectivity index (χ0) is 6.97. The van der Waals surface area contributed by atoms with Crippen LogP contribution in [0.25, 0.3) is 0 Å². The Morgan fingerprint density at radius 1 is 1.60 bits per heavy atom. The van der Waals surface area contributed by atoms with Crippen molar-refractivity contribution in [3.8, 4) is 0 Å². The van der Waals surface area contributed by atoms with Gasteiger partial charge in [-0.3, -0.25) is 0 Å². The molecule has 0 aromatic heterocycles. The molecule has 0 aromatic carbocycles. The van der Waals surface area contributed by atoms with Crippen molar-refractivity contribution in [3.63, 3.8) is 0 Å². The van der Waals surface area contributed by atoms with Gasteiger partial charge < -0.3 is 5.43 Å². The summed E-state index contributed by atoms with van der Waals surface area (Å²) in [4.78, 5) is 0. The van der Waals surface area contributed by atoms with Crippen LogP contribution in [0.15, 0.2) is 27.8 Å². The fraction of sp³-hybridized carbons (Fsp3) is 0.286. The van der Waals surface area contributed by atoms with Gasteiger partial charge in [-0.15, -0.1) is 0 Å². The maximum Gasteiger partial charge on any atom is 0.0747 e. The summed E-state index contributed by atoms with van der Waals surface area (Å²) < 4.78 is 1.20. The number of hydrogen-bond acceptors (Lipinski definition) is 2. The standard InChI is InChI=1S/C7H7BrN2/c8-6-2-1-3-7-5(6)4-9-10-7/h1-5,7,10H. The van der Waals surface area contributed by atoms with E-state index in [2.05, 4.69) is 38.6 Å². The second kappa shape index (κ2) is 2.23. The van der Waals surface area contributed by atoms with Gasteiger partial charge >= 0.3 is 0 Å². The van der Waals surface area contributed by atoms with Gasteiger partial charge in [-0.1, -0.05) is 34.2 Å². The molecule has 0 spiro atoms. The lowest BCUT2D eigenvalue weighted by Gasteiger charge is -2.16. The minimum absolute atomic E-state index is 0.374. The van der Waals surface area contributed by atoms with Crippen LogP contribution in [0, 0.1) is 5.92 Å². The summed E-state index contributed by atoms with van der Waals surface area (Å²) in [6.45, 7) is 0. The Morgan fingerprint density at radius 3 is 3.30 bits per heavy atom. The third-order valence-electron chi connectivity index (χ3n) is 1.74.